The van der Waals surface area contributed by atoms with Crippen LogP contribution in [0.25, 0.3) is 11.0 Å². The normalized spacial score (nSPS) is 10.6. The van der Waals surface area contributed by atoms with Gasteiger partial charge in [0, 0.05) is 25.1 Å². The number of nitrogens with one attached hydrogen (secondary N) is 1. The Hall–Kier alpha value is -2.11. The van der Waals surface area contributed by atoms with E-state index >= 15 is 0 Å². The number of nitrogens with zero attached hydrogens (tertiary/aromatic N) is 3. The molecule has 96 valence electrons. The van der Waals surface area contributed by atoms with Gasteiger partial charge in [-0.2, -0.15) is 10.1 Å². The number of hydrogen-bond acceptors (Lipinski definition) is 4. The number of hydrogen-bond donors (Lipinski definition) is 1. The van der Waals surface area contributed by atoms with Crippen molar-refractivity contribution in [3.63, 3.8) is 0 Å². The Balaban J connectivity index is 2.38. The lowest BCUT2D eigenvalue weighted by Gasteiger charge is -2.08. The van der Waals surface area contributed by atoms with E-state index in [4.69, 9.17) is 4.74 Å². The first-order chi connectivity index (χ1) is 8.63. The van der Waals surface area contributed by atoms with Gasteiger partial charge in [-0.15, -0.1) is 0 Å². The minimum absolute atomic E-state index is 0.0409. The number of amides is 1. The van der Waals surface area contributed by atoms with Crippen LogP contribution in [-0.2, 0) is 11.8 Å². The minimum atomic E-state index is -0.0409. The summed E-state index contributed by atoms with van der Waals surface area (Å²) in [5.41, 5.74) is 1.18. The highest BCUT2D eigenvalue weighted by Crippen LogP contribution is 2.26. The monoisotopic (exact) mass is 248 g/mol. The van der Waals surface area contributed by atoms with Gasteiger partial charge in [-0.1, -0.05) is 6.92 Å². The number of rotatable bonds is 4. The molecule has 0 atom stereocenters. The van der Waals surface area contributed by atoms with Crippen molar-refractivity contribution in [2.45, 2.75) is 19.8 Å². The molecule has 0 aliphatic rings. The predicted octanol–water partition coefficient (Wildman–Crippen LogP) is 1.72. The number of carbonyl (C=O) groups excluding carboxylic acids is 1. The highest BCUT2D eigenvalue weighted by Gasteiger charge is 2.12. The average molecular weight is 248 g/mol. The molecule has 0 radical (unpaired) electrons. The Morgan fingerprint density at radius 2 is 2.33 bits per heavy atom. The maximum absolute atomic E-state index is 11.6. The highest BCUT2D eigenvalue weighted by atomic mass is 16.5. The van der Waals surface area contributed by atoms with Gasteiger partial charge in [0.05, 0.1) is 7.11 Å². The van der Waals surface area contributed by atoms with E-state index in [1.165, 1.54) is 7.11 Å². The summed E-state index contributed by atoms with van der Waals surface area (Å²) in [7, 11) is 3.34. The summed E-state index contributed by atoms with van der Waals surface area (Å²) in [6.07, 6.45) is 3.13. The number of pyridine rings is 1. The highest BCUT2D eigenvalue weighted by molar-refractivity contribution is 5.94. The Morgan fingerprint density at radius 1 is 1.56 bits per heavy atom. The molecule has 6 nitrogen and oxygen atoms in total. The van der Waals surface area contributed by atoms with Crippen LogP contribution in [0.2, 0.25) is 0 Å². The van der Waals surface area contributed by atoms with Crippen LogP contribution in [0.15, 0.2) is 12.3 Å². The molecule has 0 saturated heterocycles. The van der Waals surface area contributed by atoms with Gasteiger partial charge in [0.2, 0.25) is 11.8 Å². The molecule has 0 aliphatic heterocycles. The molecular weight excluding hydrogens is 232 g/mol. The van der Waals surface area contributed by atoms with Crippen molar-refractivity contribution >= 4 is 22.6 Å². The quantitative estimate of drug-likeness (QED) is 0.894. The van der Waals surface area contributed by atoms with Crippen molar-refractivity contribution in [3.8, 4) is 5.88 Å². The largest absolute Gasteiger partial charge is 0.479 e. The first-order valence-corrected chi connectivity index (χ1v) is 5.82. The SMILES string of the molecule is CCCC(=O)Nc1cc2cn(C)nc2nc1OC. The van der Waals surface area contributed by atoms with Crippen molar-refractivity contribution in [2.24, 2.45) is 7.05 Å². The van der Waals surface area contributed by atoms with E-state index in [0.29, 0.717) is 23.6 Å². The molecule has 0 unspecified atom stereocenters. The van der Waals surface area contributed by atoms with Crippen molar-refractivity contribution in [2.75, 3.05) is 12.4 Å². The second kappa shape index (κ2) is 5.03. The molecule has 18 heavy (non-hydrogen) atoms. The third-order valence-electron chi connectivity index (χ3n) is 2.52. The molecule has 0 fully saturated rings. The Bertz CT molecular complexity index is 577. The fourth-order valence-corrected chi connectivity index (χ4v) is 1.74. The lowest BCUT2D eigenvalue weighted by Crippen LogP contribution is -2.12. The molecule has 2 rings (SSSR count). The number of anilines is 1. The molecular formula is C12H16N4O2. The summed E-state index contributed by atoms with van der Waals surface area (Å²) in [6, 6.07) is 1.82. The van der Waals surface area contributed by atoms with Gasteiger partial charge in [0.15, 0.2) is 5.65 Å². The molecule has 0 saturated carbocycles. The summed E-state index contributed by atoms with van der Waals surface area (Å²) in [5, 5.41) is 7.86. The molecule has 2 aromatic heterocycles. The summed E-state index contributed by atoms with van der Waals surface area (Å²) < 4.78 is 6.84. The second-order valence-corrected chi connectivity index (χ2v) is 4.06. The number of aromatic nitrogens is 3. The van der Waals surface area contributed by atoms with Gasteiger partial charge in [-0.3, -0.25) is 9.48 Å². The van der Waals surface area contributed by atoms with Gasteiger partial charge >= 0.3 is 0 Å². The Kier molecular flexibility index (Phi) is 3.45. The third-order valence-corrected chi connectivity index (χ3v) is 2.52. The number of fused-ring (bicyclic) bond motifs is 1. The van der Waals surface area contributed by atoms with E-state index < -0.39 is 0 Å². The number of ether oxygens (including phenoxy) is 1. The number of carbonyl (C=O) groups is 1. The zero-order valence-corrected chi connectivity index (χ0v) is 10.7. The van der Waals surface area contributed by atoms with Gasteiger partial charge in [0.25, 0.3) is 0 Å². The predicted molar refractivity (Wildman–Crippen MR) is 68.6 cm³/mol. The molecule has 2 heterocycles. The van der Waals surface area contributed by atoms with Crippen molar-refractivity contribution in [1.82, 2.24) is 14.8 Å². The van der Waals surface area contributed by atoms with E-state index in [1.807, 2.05) is 26.2 Å². The zero-order chi connectivity index (χ0) is 13.1. The van der Waals surface area contributed by atoms with Crippen molar-refractivity contribution in [1.29, 1.82) is 0 Å². The lowest BCUT2D eigenvalue weighted by atomic mass is 10.3. The van der Waals surface area contributed by atoms with Crippen molar-refractivity contribution in [3.05, 3.63) is 12.3 Å². The Labute approximate surface area is 105 Å². The van der Waals surface area contributed by atoms with Crippen LogP contribution < -0.4 is 10.1 Å². The van der Waals surface area contributed by atoms with Crippen LogP contribution in [0.1, 0.15) is 19.8 Å². The standard InChI is InChI=1S/C12H16N4O2/c1-4-5-10(17)13-9-6-8-7-16(2)15-11(8)14-12(9)18-3/h6-7H,4-5H2,1-3H3,(H,13,17). The van der Waals surface area contributed by atoms with Crippen LogP contribution in [-0.4, -0.2) is 27.8 Å². The summed E-state index contributed by atoms with van der Waals surface area (Å²) in [6.45, 7) is 1.96. The molecule has 1 N–H and O–H groups in total. The van der Waals surface area contributed by atoms with E-state index in [2.05, 4.69) is 15.4 Å². The lowest BCUT2D eigenvalue weighted by molar-refractivity contribution is -0.116. The molecule has 0 aliphatic carbocycles. The fraction of sp³-hybridized carbons (Fsp3) is 0.417. The van der Waals surface area contributed by atoms with Gasteiger partial charge in [0.1, 0.15) is 5.69 Å². The molecule has 0 spiro atoms. The molecule has 2 aromatic rings. The van der Waals surface area contributed by atoms with Crippen LogP contribution in [0, 0.1) is 0 Å². The van der Waals surface area contributed by atoms with E-state index in [9.17, 15) is 4.79 Å². The average Bonchev–Trinajstić information content (AvgIpc) is 2.67. The van der Waals surface area contributed by atoms with E-state index in [1.54, 1.807) is 4.68 Å². The first-order valence-electron chi connectivity index (χ1n) is 5.82. The smallest absolute Gasteiger partial charge is 0.239 e. The van der Waals surface area contributed by atoms with Crippen LogP contribution in [0.4, 0.5) is 5.69 Å². The van der Waals surface area contributed by atoms with E-state index in [-0.39, 0.29) is 5.91 Å². The maximum Gasteiger partial charge on any atom is 0.239 e. The van der Waals surface area contributed by atoms with Crippen LogP contribution in [0.3, 0.4) is 0 Å². The molecule has 6 heteroatoms. The summed E-state index contributed by atoms with van der Waals surface area (Å²) in [4.78, 5) is 15.9. The van der Waals surface area contributed by atoms with Gasteiger partial charge in [-0.05, 0) is 12.5 Å². The number of aryl methyl sites for hydroxylation is 1. The maximum atomic E-state index is 11.6. The van der Waals surface area contributed by atoms with E-state index in [0.717, 1.165) is 11.8 Å². The van der Waals surface area contributed by atoms with Crippen LogP contribution >= 0.6 is 0 Å². The molecule has 0 aromatic carbocycles. The Morgan fingerprint density at radius 3 is 3.00 bits per heavy atom. The molecule has 0 bridgehead atoms. The fourth-order valence-electron chi connectivity index (χ4n) is 1.74. The summed E-state index contributed by atoms with van der Waals surface area (Å²) >= 11 is 0. The second-order valence-electron chi connectivity index (χ2n) is 4.06. The third kappa shape index (κ3) is 2.42. The number of methoxy groups -OCH3 is 1. The summed E-state index contributed by atoms with van der Waals surface area (Å²) in [5.74, 6) is 0.339. The van der Waals surface area contributed by atoms with Gasteiger partial charge < -0.3 is 10.1 Å². The topological polar surface area (TPSA) is 69.0 Å². The zero-order valence-electron chi connectivity index (χ0n) is 10.7. The van der Waals surface area contributed by atoms with Gasteiger partial charge in [-0.25, -0.2) is 0 Å². The minimum Gasteiger partial charge on any atom is -0.479 e. The van der Waals surface area contributed by atoms with Crippen molar-refractivity contribution < 1.29 is 9.53 Å². The first kappa shape index (κ1) is 12.3. The molecule has 1 amide bonds. The van der Waals surface area contributed by atoms with Crippen LogP contribution in [0.5, 0.6) is 5.88 Å².